The molecule has 0 spiro atoms. The minimum atomic E-state index is -4.83. The molecule has 0 fully saturated rings. The van der Waals surface area contributed by atoms with Gasteiger partial charge in [0, 0.05) is 37.8 Å². The van der Waals surface area contributed by atoms with Gasteiger partial charge in [-0.2, -0.15) is 23.8 Å². The Balaban J connectivity index is 0.000000241. The number of aromatic hydroxyl groups is 1. The molecule has 8 rings (SSSR count). The summed E-state index contributed by atoms with van der Waals surface area (Å²) in [6.07, 6.45) is 0.482. The van der Waals surface area contributed by atoms with E-state index in [-0.39, 0.29) is 122 Å². The number of phenolic OH excluding ortho intramolecular Hbond substituents is 1. The molecule has 4 N–H and O–H groups in total. The Morgan fingerprint density at radius 1 is 0.600 bits per heavy atom. The van der Waals surface area contributed by atoms with Crippen LogP contribution in [0.15, 0.2) is 164 Å². The predicted molar refractivity (Wildman–Crippen MR) is 284 cm³/mol. The first-order valence-corrected chi connectivity index (χ1v) is 25.6. The van der Waals surface area contributed by atoms with Crippen molar-refractivity contribution in [2.45, 2.75) is 36.5 Å². The zero-order chi connectivity index (χ0) is 53.5. The number of azo groups is 2. The molecule has 2 amide bonds. The maximum absolute atomic E-state index is 13.3. The van der Waals surface area contributed by atoms with Crippen LogP contribution in [0, 0.1) is 0 Å². The first-order valence-electron chi connectivity index (χ1n) is 22.0. The molecular weight excluding hydrogens is 1170 g/mol. The third kappa shape index (κ3) is 13.7. The van der Waals surface area contributed by atoms with Gasteiger partial charge in [-0.05, 0) is 120 Å². The molecule has 0 radical (unpaired) electrons. The molecular formula is C52H42BaCl2N6O12S2. The van der Waals surface area contributed by atoms with Crippen molar-refractivity contribution >= 4 is 160 Å². The monoisotopic (exact) mass is 1210 g/mol. The molecule has 75 heavy (non-hydrogen) atoms. The van der Waals surface area contributed by atoms with Gasteiger partial charge < -0.3 is 34.9 Å². The van der Waals surface area contributed by atoms with Gasteiger partial charge in [0.25, 0.3) is 21.9 Å². The maximum Gasteiger partial charge on any atom is 2.00 e. The smallest absolute Gasteiger partial charge is 0.870 e. The van der Waals surface area contributed by atoms with Crippen LogP contribution < -0.4 is 25.2 Å². The molecule has 8 aromatic rings. The molecule has 0 aliphatic carbocycles. The van der Waals surface area contributed by atoms with Crippen LogP contribution in [0.4, 0.5) is 34.1 Å². The van der Waals surface area contributed by atoms with E-state index in [0.717, 1.165) is 12.1 Å². The van der Waals surface area contributed by atoms with E-state index in [9.17, 15) is 45.7 Å². The fraction of sp³-hybridized carbons (Fsp3) is 0.115. The van der Waals surface area contributed by atoms with Crippen LogP contribution in [-0.2, 0) is 33.1 Å². The fourth-order valence-corrected chi connectivity index (χ4v) is 10.0. The molecule has 8 aromatic carbocycles. The Kier molecular flexibility index (Phi) is 19.3. The van der Waals surface area contributed by atoms with Crippen LogP contribution in [0.2, 0.25) is 10.0 Å². The number of anilines is 2. The zero-order valence-electron chi connectivity index (χ0n) is 40.2. The number of amides is 2. The number of rotatable bonds is 14. The van der Waals surface area contributed by atoms with Gasteiger partial charge in [0.2, 0.25) is 0 Å². The van der Waals surface area contributed by atoms with Gasteiger partial charge in [0.1, 0.15) is 32.2 Å². The van der Waals surface area contributed by atoms with Crippen LogP contribution in [0.3, 0.4) is 0 Å². The van der Waals surface area contributed by atoms with E-state index in [4.69, 9.17) is 32.7 Å². The first-order chi connectivity index (χ1) is 35.2. The molecule has 0 saturated carbocycles. The van der Waals surface area contributed by atoms with Crippen molar-refractivity contribution in [1.82, 2.24) is 0 Å². The van der Waals surface area contributed by atoms with Crippen molar-refractivity contribution in [2.24, 2.45) is 20.5 Å². The van der Waals surface area contributed by atoms with Crippen LogP contribution in [0.1, 0.15) is 45.7 Å². The van der Waals surface area contributed by atoms with Crippen molar-refractivity contribution in [3.63, 3.8) is 0 Å². The second-order valence-corrected chi connectivity index (χ2v) is 19.4. The third-order valence-corrected chi connectivity index (χ3v) is 13.7. The summed E-state index contributed by atoms with van der Waals surface area (Å²) >= 11 is 12.4. The summed E-state index contributed by atoms with van der Waals surface area (Å²) in [5.74, 6) is -1.09. The number of phenols is 1. The number of nitrogens with one attached hydrogen (secondary N) is 2. The normalized spacial score (nSPS) is 11.5. The second-order valence-electron chi connectivity index (χ2n) is 15.9. The number of ether oxygens (including phenoxy) is 2. The molecule has 0 aliphatic heterocycles. The summed E-state index contributed by atoms with van der Waals surface area (Å²) in [4.78, 5) is 25.2. The molecule has 23 heteroatoms. The molecule has 0 unspecified atom stereocenters. The van der Waals surface area contributed by atoms with Crippen molar-refractivity contribution in [1.29, 1.82) is 0 Å². The number of hydrogen-bond donors (Lipinski definition) is 4. The first kappa shape index (κ1) is 57.9. The van der Waals surface area contributed by atoms with Crippen molar-refractivity contribution in [2.75, 3.05) is 24.9 Å². The average molecular weight is 1220 g/mol. The minimum Gasteiger partial charge on any atom is -0.870 e. The number of halogens is 2. The quantitative estimate of drug-likeness (QED) is 0.0449. The van der Waals surface area contributed by atoms with Crippen LogP contribution in [0.25, 0.3) is 21.5 Å². The van der Waals surface area contributed by atoms with Gasteiger partial charge in [0.15, 0.2) is 5.75 Å². The average Bonchev–Trinajstić information content (AvgIpc) is 3.37. The summed E-state index contributed by atoms with van der Waals surface area (Å²) in [5, 5.41) is 48.2. The van der Waals surface area contributed by atoms with Crippen molar-refractivity contribution < 1.29 is 55.2 Å². The third-order valence-electron chi connectivity index (χ3n) is 11.2. The molecule has 0 bridgehead atoms. The fourth-order valence-electron chi connectivity index (χ4n) is 7.58. The van der Waals surface area contributed by atoms with Gasteiger partial charge >= 0.3 is 48.9 Å². The topological polar surface area (TPSA) is 281 Å². The molecule has 0 atom stereocenters. The summed E-state index contributed by atoms with van der Waals surface area (Å²) in [6, 6.07) is 35.0. The number of carbonyl (C=O) groups excluding carboxylic acids is 2. The van der Waals surface area contributed by atoms with Crippen LogP contribution in [0.5, 0.6) is 23.0 Å². The SMILES string of the molecule is CCc1c(Cl)cc(N=Nc2c(O)c(C(=O)Nc3ccc(OC)cc3)cc3ccccc23)cc1S(=O)(=O)O.CCc1c(Cl)cc(N=Nc2c([O-])c(C(=O)Nc3ccc(OC)cc3)cc3ccccc23)cc1S(=O)(=O)[O-].[Ba+2]. The van der Waals surface area contributed by atoms with E-state index < -0.39 is 48.4 Å². The summed E-state index contributed by atoms with van der Waals surface area (Å²) in [7, 11) is -6.34. The van der Waals surface area contributed by atoms with Crippen LogP contribution >= 0.6 is 23.2 Å². The number of hydrogen-bond acceptors (Lipinski definition) is 15. The number of nitrogens with zero attached hydrogens (tertiary/aromatic N) is 4. The van der Waals surface area contributed by atoms with E-state index in [1.165, 1.54) is 38.5 Å². The van der Waals surface area contributed by atoms with Gasteiger partial charge in [0.05, 0.1) is 41.7 Å². The predicted octanol–water partition coefficient (Wildman–Crippen LogP) is 12.0. The Morgan fingerprint density at radius 3 is 1.47 bits per heavy atom. The Morgan fingerprint density at radius 2 is 1.01 bits per heavy atom. The number of benzene rings is 8. The van der Waals surface area contributed by atoms with E-state index in [0.29, 0.717) is 44.4 Å². The second kappa shape index (κ2) is 25.0. The molecule has 0 aliphatic rings. The molecule has 0 saturated heterocycles. The minimum absolute atomic E-state index is 0. The van der Waals surface area contributed by atoms with Crippen LogP contribution in [-0.4, -0.2) is 106 Å². The Bertz CT molecular complexity index is 3530. The summed E-state index contributed by atoms with van der Waals surface area (Å²) in [5.41, 5.74) is 1.04. The molecule has 0 aromatic heterocycles. The Hall–Kier alpha value is -6.41. The standard InChI is InChI=1S/2C26H22ClN3O6S.Ba/c2*1-3-19-22(27)13-17(14-23(19)37(33,34)35)29-30-24-20-7-5-4-6-15(20)12-21(25(24)31)26(32)28-16-8-10-18(36-2)11-9-16;/h2*4-14,31H,3H2,1-2H3,(H,28,32)(H,33,34,35);/q;;+2/p-2. The number of carbonyl (C=O) groups is 2. The Labute approximate surface area is 481 Å². The zero-order valence-corrected chi connectivity index (χ0v) is 47.7. The molecule has 18 nitrogen and oxygen atoms in total. The van der Waals surface area contributed by atoms with Gasteiger partial charge in [-0.1, -0.05) is 91.3 Å². The number of fused-ring (bicyclic) bond motifs is 2. The summed E-state index contributed by atoms with van der Waals surface area (Å²) < 4.78 is 78.8. The van der Waals surface area contributed by atoms with E-state index in [2.05, 4.69) is 31.1 Å². The van der Waals surface area contributed by atoms with Crippen molar-refractivity contribution in [3.8, 4) is 23.0 Å². The van der Waals surface area contributed by atoms with E-state index in [1.54, 1.807) is 111 Å². The summed E-state index contributed by atoms with van der Waals surface area (Å²) in [6.45, 7) is 3.36. The number of methoxy groups -OCH3 is 2. The molecule has 380 valence electrons. The van der Waals surface area contributed by atoms with Crippen molar-refractivity contribution in [3.05, 3.63) is 166 Å². The van der Waals surface area contributed by atoms with Gasteiger partial charge in [-0.25, -0.2) is 8.42 Å². The molecule has 0 heterocycles. The van der Waals surface area contributed by atoms with E-state index >= 15 is 0 Å². The maximum atomic E-state index is 13.3. The van der Waals surface area contributed by atoms with Gasteiger partial charge in [-0.15, -0.1) is 5.11 Å². The van der Waals surface area contributed by atoms with Gasteiger partial charge in [-0.3, -0.25) is 14.1 Å². The van der Waals surface area contributed by atoms with E-state index in [1.807, 2.05) is 0 Å². The largest absolute Gasteiger partial charge is 2.00 e.